The van der Waals surface area contributed by atoms with Gasteiger partial charge in [-0.25, -0.2) is 4.98 Å². The van der Waals surface area contributed by atoms with E-state index >= 15 is 0 Å². The normalized spacial score (nSPS) is 14.4. The molecule has 0 bridgehead atoms. The van der Waals surface area contributed by atoms with Gasteiger partial charge in [-0.1, -0.05) is 30.3 Å². The van der Waals surface area contributed by atoms with Crippen molar-refractivity contribution in [3.63, 3.8) is 0 Å². The molecule has 2 heterocycles. The fraction of sp³-hybridized carbons (Fsp3) is 0.400. The van der Waals surface area contributed by atoms with Gasteiger partial charge in [-0.2, -0.15) is 0 Å². The van der Waals surface area contributed by atoms with Gasteiger partial charge in [0.15, 0.2) is 0 Å². The maximum Gasteiger partial charge on any atom is 0.140 e. The van der Waals surface area contributed by atoms with Gasteiger partial charge in [0.2, 0.25) is 0 Å². The van der Waals surface area contributed by atoms with E-state index in [1.165, 1.54) is 17.0 Å². The monoisotopic (exact) mass is 257 g/mol. The molecule has 0 atom stereocenters. The Labute approximate surface area is 113 Å². The first-order valence-corrected chi connectivity index (χ1v) is 6.73. The highest BCUT2D eigenvalue weighted by Gasteiger charge is 2.20. The summed E-state index contributed by atoms with van der Waals surface area (Å²) in [7, 11) is 1.74. The standard InChI is InChI=1S/C15H19N3O/c1-19-10-9-18-14-7-8-16-11-13(14)17-15(18)12-5-3-2-4-6-12/h2-6,16H,7-11H2,1H3. The third kappa shape index (κ3) is 2.41. The molecule has 4 nitrogen and oxygen atoms in total. The zero-order chi connectivity index (χ0) is 13.1. The lowest BCUT2D eigenvalue weighted by atomic mass is 10.2. The fourth-order valence-corrected chi connectivity index (χ4v) is 2.60. The zero-order valence-corrected chi connectivity index (χ0v) is 11.2. The highest BCUT2D eigenvalue weighted by atomic mass is 16.5. The maximum atomic E-state index is 5.23. The molecule has 1 N–H and O–H groups in total. The molecule has 1 aromatic carbocycles. The third-order valence-electron chi connectivity index (χ3n) is 3.54. The molecule has 2 aromatic rings. The first-order chi connectivity index (χ1) is 9.40. The maximum absolute atomic E-state index is 5.23. The molecule has 0 amide bonds. The minimum atomic E-state index is 0.718. The number of hydrogen-bond acceptors (Lipinski definition) is 3. The van der Waals surface area contributed by atoms with Gasteiger partial charge in [0.25, 0.3) is 0 Å². The van der Waals surface area contributed by atoms with Gasteiger partial charge in [-0.15, -0.1) is 0 Å². The minimum absolute atomic E-state index is 0.718. The molecule has 3 rings (SSSR count). The van der Waals surface area contributed by atoms with E-state index in [1.807, 2.05) is 6.07 Å². The molecule has 0 unspecified atom stereocenters. The molecule has 1 aromatic heterocycles. The summed E-state index contributed by atoms with van der Waals surface area (Å²) in [5, 5.41) is 3.38. The lowest BCUT2D eigenvalue weighted by Crippen LogP contribution is -2.25. The zero-order valence-electron chi connectivity index (χ0n) is 11.2. The predicted octanol–water partition coefficient (Wildman–Crippen LogP) is 1.84. The molecule has 1 aliphatic heterocycles. The van der Waals surface area contributed by atoms with Crippen LogP contribution in [0, 0.1) is 0 Å². The van der Waals surface area contributed by atoms with Gasteiger partial charge in [0.05, 0.1) is 12.3 Å². The summed E-state index contributed by atoms with van der Waals surface area (Å²) in [5.41, 5.74) is 3.71. The van der Waals surface area contributed by atoms with Crippen LogP contribution >= 0.6 is 0 Å². The fourth-order valence-electron chi connectivity index (χ4n) is 2.60. The molecule has 0 saturated heterocycles. The molecule has 19 heavy (non-hydrogen) atoms. The lowest BCUT2D eigenvalue weighted by molar-refractivity contribution is 0.186. The Morgan fingerprint density at radius 3 is 2.95 bits per heavy atom. The number of methoxy groups -OCH3 is 1. The Morgan fingerprint density at radius 1 is 1.32 bits per heavy atom. The van der Waals surface area contributed by atoms with Crippen LogP contribution in [0.15, 0.2) is 30.3 Å². The van der Waals surface area contributed by atoms with Crippen LogP contribution in [-0.2, 0) is 24.2 Å². The number of nitrogens with one attached hydrogen (secondary N) is 1. The molecule has 100 valence electrons. The molecule has 4 heteroatoms. The Balaban J connectivity index is 2.05. The van der Waals surface area contributed by atoms with E-state index in [4.69, 9.17) is 9.72 Å². The van der Waals surface area contributed by atoms with Crippen molar-refractivity contribution < 1.29 is 4.74 Å². The quantitative estimate of drug-likeness (QED) is 0.908. The van der Waals surface area contributed by atoms with Crippen LogP contribution in [0.2, 0.25) is 0 Å². The summed E-state index contributed by atoms with van der Waals surface area (Å²) in [6.45, 7) is 3.48. The van der Waals surface area contributed by atoms with Gasteiger partial charge in [0.1, 0.15) is 5.82 Å². The van der Waals surface area contributed by atoms with Crippen LogP contribution < -0.4 is 5.32 Å². The number of aromatic nitrogens is 2. The van der Waals surface area contributed by atoms with E-state index in [1.54, 1.807) is 7.11 Å². The van der Waals surface area contributed by atoms with Gasteiger partial charge in [-0.3, -0.25) is 0 Å². The van der Waals surface area contributed by atoms with E-state index in [9.17, 15) is 0 Å². The lowest BCUT2D eigenvalue weighted by Gasteiger charge is -2.16. The summed E-state index contributed by atoms with van der Waals surface area (Å²) in [6, 6.07) is 10.4. The topological polar surface area (TPSA) is 39.1 Å². The Kier molecular flexibility index (Phi) is 3.62. The molecule has 1 aliphatic rings. The smallest absolute Gasteiger partial charge is 0.140 e. The molecular weight excluding hydrogens is 238 g/mol. The number of rotatable bonds is 4. The van der Waals surface area contributed by atoms with Crippen LogP contribution in [0.25, 0.3) is 11.4 Å². The average molecular weight is 257 g/mol. The summed E-state index contributed by atoms with van der Waals surface area (Å²) in [4.78, 5) is 4.82. The van der Waals surface area contributed by atoms with E-state index in [0.717, 1.165) is 38.5 Å². The van der Waals surface area contributed by atoms with Gasteiger partial charge in [0, 0.05) is 44.4 Å². The SMILES string of the molecule is COCCn1c(-c2ccccc2)nc2c1CCNC2. The summed E-state index contributed by atoms with van der Waals surface area (Å²) in [6.07, 6.45) is 1.04. The second-order valence-electron chi connectivity index (χ2n) is 4.77. The summed E-state index contributed by atoms with van der Waals surface area (Å²) < 4.78 is 7.55. The van der Waals surface area contributed by atoms with E-state index in [-0.39, 0.29) is 0 Å². The van der Waals surface area contributed by atoms with Crippen molar-refractivity contribution in [1.82, 2.24) is 14.9 Å². The van der Waals surface area contributed by atoms with Crippen LogP contribution in [-0.4, -0.2) is 29.8 Å². The van der Waals surface area contributed by atoms with Crippen molar-refractivity contribution >= 4 is 0 Å². The van der Waals surface area contributed by atoms with Crippen molar-refractivity contribution in [2.24, 2.45) is 0 Å². The molecule has 0 radical (unpaired) electrons. The molecule has 0 saturated carbocycles. The summed E-state index contributed by atoms with van der Waals surface area (Å²) in [5.74, 6) is 1.06. The van der Waals surface area contributed by atoms with Crippen molar-refractivity contribution in [1.29, 1.82) is 0 Å². The minimum Gasteiger partial charge on any atom is -0.383 e. The van der Waals surface area contributed by atoms with Crippen LogP contribution in [0.5, 0.6) is 0 Å². The van der Waals surface area contributed by atoms with Gasteiger partial charge in [-0.05, 0) is 0 Å². The molecule has 0 aliphatic carbocycles. The number of ether oxygens (including phenoxy) is 1. The molecule has 0 fully saturated rings. The number of imidazole rings is 1. The molecular formula is C15H19N3O. The van der Waals surface area contributed by atoms with E-state index in [2.05, 4.69) is 34.1 Å². The Bertz CT molecular complexity index is 548. The van der Waals surface area contributed by atoms with Crippen molar-refractivity contribution in [2.45, 2.75) is 19.5 Å². The highest BCUT2D eigenvalue weighted by molar-refractivity contribution is 5.57. The second kappa shape index (κ2) is 5.55. The average Bonchev–Trinajstić information content (AvgIpc) is 2.85. The number of fused-ring (bicyclic) bond motifs is 1. The van der Waals surface area contributed by atoms with Gasteiger partial charge < -0.3 is 14.6 Å². The van der Waals surface area contributed by atoms with Crippen LogP contribution in [0.1, 0.15) is 11.4 Å². The molecule has 0 spiro atoms. The predicted molar refractivity (Wildman–Crippen MR) is 74.9 cm³/mol. The Hall–Kier alpha value is -1.65. The highest BCUT2D eigenvalue weighted by Crippen LogP contribution is 2.24. The Morgan fingerprint density at radius 2 is 2.16 bits per heavy atom. The first kappa shape index (κ1) is 12.4. The largest absolute Gasteiger partial charge is 0.383 e. The third-order valence-corrected chi connectivity index (χ3v) is 3.54. The van der Waals surface area contributed by atoms with Gasteiger partial charge >= 0.3 is 0 Å². The number of hydrogen-bond donors (Lipinski definition) is 1. The van der Waals surface area contributed by atoms with Crippen LogP contribution in [0.3, 0.4) is 0 Å². The second-order valence-corrected chi connectivity index (χ2v) is 4.77. The van der Waals surface area contributed by atoms with Crippen molar-refractivity contribution in [3.8, 4) is 11.4 Å². The van der Waals surface area contributed by atoms with Crippen LogP contribution in [0.4, 0.5) is 0 Å². The number of benzene rings is 1. The number of nitrogens with zero attached hydrogens (tertiary/aromatic N) is 2. The summed E-state index contributed by atoms with van der Waals surface area (Å²) >= 11 is 0. The van der Waals surface area contributed by atoms with Crippen molar-refractivity contribution in [2.75, 3.05) is 20.3 Å². The van der Waals surface area contributed by atoms with E-state index < -0.39 is 0 Å². The van der Waals surface area contributed by atoms with Crippen molar-refractivity contribution in [3.05, 3.63) is 41.7 Å². The van der Waals surface area contributed by atoms with E-state index in [0.29, 0.717) is 0 Å². The first-order valence-electron chi connectivity index (χ1n) is 6.73.